The van der Waals surface area contributed by atoms with E-state index >= 15 is 0 Å². The van der Waals surface area contributed by atoms with Crippen molar-refractivity contribution in [2.24, 2.45) is 0 Å². The number of amides is 1. The molecule has 0 bridgehead atoms. The van der Waals surface area contributed by atoms with E-state index in [2.05, 4.69) is 10.6 Å². The molecule has 6 heteroatoms. The summed E-state index contributed by atoms with van der Waals surface area (Å²) < 4.78 is 16.4. The summed E-state index contributed by atoms with van der Waals surface area (Å²) in [6.07, 6.45) is 0.287. The Morgan fingerprint density at radius 2 is 1.55 bits per heavy atom. The van der Waals surface area contributed by atoms with Gasteiger partial charge in [0.15, 0.2) is 5.75 Å². The highest BCUT2D eigenvalue weighted by Crippen LogP contribution is 2.30. The van der Waals surface area contributed by atoms with Crippen LogP contribution in [0.25, 0.3) is 0 Å². The van der Waals surface area contributed by atoms with E-state index in [1.165, 1.54) is 0 Å². The molecule has 6 nitrogen and oxygen atoms in total. The Balaban J connectivity index is 1.56. The van der Waals surface area contributed by atoms with Crippen LogP contribution in [0.2, 0.25) is 0 Å². The Kier molecular flexibility index (Phi) is 6.95. The van der Waals surface area contributed by atoms with Crippen LogP contribution in [-0.4, -0.2) is 26.7 Å². The van der Waals surface area contributed by atoms with Crippen LogP contribution in [0.15, 0.2) is 72.8 Å². The van der Waals surface area contributed by atoms with Gasteiger partial charge in [-0.1, -0.05) is 30.3 Å². The van der Waals surface area contributed by atoms with E-state index in [-0.39, 0.29) is 12.3 Å². The van der Waals surface area contributed by atoms with Gasteiger partial charge in [0.1, 0.15) is 17.2 Å². The molecule has 0 aliphatic carbocycles. The predicted octanol–water partition coefficient (Wildman–Crippen LogP) is 4.94. The van der Waals surface area contributed by atoms with Gasteiger partial charge in [-0.05, 0) is 36.4 Å². The van der Waals surface area contributed by atoms with Crippen LogP contribution in [0.1, 0.15) is 6.42 Å². The van der Waals surface area contributed by atoms with E-state index in [1.54, 1.807) is 20.3 Å². The van der Waals surface area contributed by atoms with E-state index in [4.69, 9.17) is 14.2 Å². The molecule has 0 aromatic heterocycles. The molecule has 3 aromatic rings. The molecule has 29 heavy (non-hydrogen) atoms. The van der Waals surface area contributed by atoms with Gasteiger partial charge >= 0.3 is 0 Å². The molecule has 0 heterocycles. The highest BCUT2D eigenvalue weighted by atomic mass is 16.5. The zero-order valence-electron chi connectivity index (χ0n) is 16.5. The summed E-state index contributed by atoms with van der Waals surface area (Å²) in [5, 5.41) is 6.12. The van der Waals surface area contributed by atoms with E-state index in [1.807, 2.05) is 66.7 Å². The Labute approximate surface area is 170 Å². The van der Waals surface area contributed by atoms with Gasteiger partial charge in [0.05, 0.1) is 25.6 Å². The van der Waals surface area contributed by atoms with E-state index in [9.17, 15) is 4.79 Å². The van der Waals surface area contributed by atoms with Crippen molar-refractivity contribution in [3.63, 3.8) is 0 Å². The number of hydrogen-bond donors (Lipinski definition) is 2. The molecule has 0 aliphatic heterocycles. The fourth-order valence-corrected chi connectivity index (χ4v) is 2.74. The van der Waals surface area contributed by atoms with Gasteiger partial charge in [-0.15, -0.1) is 0 Å². The number of anilines is 2. The first-order valence-electron chi connectivity index (χ1n) is 9.27. The topological polar surface area (TPSA) is 68.8 Å². The van der Waals surface area contributed by atoms with Crippen molar-refractivity contribution in [1.82, 2.24) is 0 Å². The van der Waals surface area contributed by atoms with Crippen molar-refractivity contribution in [2.75, 3.05) is 31.4 Å². The average Bonchev–Trinajstić information content (AvgIpc) is 2.76. The molecule has 3 aromatic carbocycles. The molecule has 0 unspecified atom stereocenters. The lowest BCUT2D eigenvalue weighted by Gasteiger charge is -2.14. The van der Waals surface area contributed by atoms with Crippen LogP contribution >= 0.6 is 0 Å². The molecule has 0 atom stereocenters. The van der Waals surface area contributed by atoms with Gasteiger partial charge in [0.25, 0.3) is 0 Å². The molecule has 0 fully saturated rings. The summed E-state index contributed by atoms with van der Waals surface area (Å²) in [6, 6.07) is 22.3. The number of rotatable bonds is 9. The molecule has 2 N–H and O–H groups in total. The van der Waals surface area contributed by atoms with Gasteiger partial charge in [-0.3, -0.25) is 4.79 Å². The van der Waals surface area contributed by atoms with Gasteiger partial charge < -0.3 is 24.8 Å². The summed E-state index contributed by atoms with van der Waals surface area (Å²) in [6.45, 7) is 0.455. The van der Waals surface area contributed by atoms with E-state index in [0.29, 0.717) is 35.2 Å². The maximum absolute atomic E-state index is 12.4. The first kappa shape index (κ1) is 20.1. The molecule has 150 valence electrons. The third-order valence-electron chi connectivity index (χ3n) is 4.21. The van der Waals surface area contributed by atoms with Crippen LogP contribution in [0.5, 0.6) is 23.0 Å². The quantitative estimate of drug-likeness (QED) is 0.540. The maximum atomic E-state index is 12.4. The van der Waals surface area contributed by atoms with Crippen LogP contribution in [0, 0.1) is 0 Å². The van der Waals surface area contributed by atoms with Crippen LogP contribution < -0.4 is 24.8 Å². The number of nitrogens with one attached hydrogen (secondary N) is 2. The number of methoxy groups -OCH3 is 2. The molecular weight excluding hydrogens is 368 g/mol. The summed E-state index contributed by atoms with van der Waals surface area (Å²) >= 11 is 0. The minimum Gasteiger partial charge on any atom is -0.497 e. The van der Waals surface area contributed by atoms with Crippen molar-refractivity contribution in [2.45, 2.75) is 6.42 Å². The van der Waals surface area contributed by atoms with E-state index < -0.39 is 0 Å². The van der Waals surface area contributed by atoms with Gasteiger partial charge in [0, 0.05) is 19.0 Å². The van der Waals surface area contributed by atoms with E-state index in [0.717, 1.165) is 5.69 Å². The largest absolute Gasteiger partial charge is 0.497 e. The molecule has 0 spiro atoms. The highest BCUT2D eigenvalue weighted by Gasteiger charge is 2.10. The second-order valence-corrected chi connectivity index (χ2v) is 6.20. The number of benzene rings is 3. The molecule has 0 saturated carbocycles. The third-order valence-corrected chi connectivity index (χ3v) is 4.21. The first-order chi connectivity index (χ1) is 14.2. The minimum absolute atomic E-state index is 0.117. The summed E-state index contributed by atoms with van der Waals surface area (Å²) in [5.41, 5.74) is 1.43. The Morgan fingerprint density at radius 3 is 2.31 bits per heavy atom. The predicted molar refractivity (Wildman–Crippen MR) is 114 cm³/mol. The lowest BCUT2D eigenvalue weighted by atomic mass is 10.2. The van der Waals surface area contributed by atoms with Crippen molar-refractivity contribution < 1.29 is 19.0 Å². The van der Waals surface area contributed by atoms with Crippen molar-refractivity contribution in [1.29, 1.82) is 0 Å². The second-order valence-electron chi connectivity index (χ2n) is 6.20. The fourth-order valence-electron chi connectivity index (χ4n) is 2.74. The van der Waals surface area contributed by atoms with Crippen molar-refractivity contribution in [3.8, 4) is 23.0 Å². The van der Waals surface area contributed by atoms with Crippen LogP contribution in [0.3, 0.4) is 0 Å². The fraction of sp³-hybridized carbons (Fsp3) is 0.174. The lowest BCUT2D eigenvalue weighted by molar-refractivity contribution is -0.116. The second kappa shape index (κ2) is 10.0. The monoisotopic (exact) mass is 392 g/mol. The molecule has 3 rings (SSSR count). The third kappa shape index (κ3) is 5.65. The van der Waals surface area contributed by atoms with Crippen LogP contribution in [-0.2, 0) is 4.79 Å². The molecule has 0 radical (unpaired) electrons. The van der Waals surface area contributed by atoms with Gasteiger partial charge in [0.2, 0.25) is 5.91 Å². The Morgan fingerprint density at radius 1 is 0.793 bits per heavy atom. The average molecular weight is 392 g/mol. The summed E-state index contributed by atoms with van der Waals surface area (Å²) in [5.74, 6) is 2.56. The Bertz CT molecular complexity index is 945. The molecule has 0 aliphatic rings. The highest BCUT2D eigenvalue weighted by molar-refractivity contribution is 5.92. The normalized spacial score (nSPS) is 10.1. The zero-order chi connectivity index (χ0) is 20.5. The standard InChI is InChI=1S/C23H24N2O4/c1-27-18-12-13-19(22(16-18)28-2)24-15-14-23(26)25-20-10-6-7-11-21(20)29-17-8-4-3-5-9-17/h3-13,16,24H,14-15H2,1-2H3,(H,25,26). The number of carbonyl (C=O) groups is 1. The smallest absolute Gasteiger partial charge is 0.226 e. The SMILES string of the molecule is COc1ccc(NCCC(=O)Nc2ccccc2Oc2ccccc2)c(OC)c1. The number of carbonyl (C=O) groups excluding carboxylic acids is 1. The maximum Gasteiger partial charge on any atom is 0.226 e. The first-order valence-corrected chi connectivity index (χ1v) is 9.27. The molecule has 0 saturated heterocycles. The molecule has 1 amide bonds. The van der Waals surface area contributed by atoms with Crippen molar-refractivity contribution >= 4 is 17.3 Å². The van der Waals surface area contributed by atoms with Gasteiger partial charge in [-0.2, -0.15) is 0 Å². The number of para-hydroxylation sites is 3. The van der Waals surface area contributed by atoms with Gasteiger partial charge in [-0.25, -0.2) is 0 Å². The number of ether oxygens (including phenoxy) is 3. The summed E-state index contributed by atoms with van der Waals surface area (Å²) in [7, 11) is 3.20. The Hall–Kier alpha value is -3.67. The minimum atomic E-state index is -0.117. The lowest BCUT2D eigenvalue weighted by Crippen LogP contribution is -2.16. The number of hydrogen-bond acceptors (Lipinski definition) is 5. The summed E-state index contributed by atoms with van der Waals surface area (Å²) in [4.78, 5) is 12.4. The van der Waals surface area contributed by atoms with Crippen molar-refractivity contribution in [3.05, 3.63) is 72.8 Å². The van der Waals surface area contributed by atoms with Crippen LogP contribution in [0.4, 0.5) is 11.4 Å². The molecular formula is C23H24N2O4. The zero-order valence-corrected chi connectivity index (χ0v) is 16.5.